The first-order valence-electron chi connectivity index (χ1n) is 8.05. The Morgan fingerprint density at radius 2 is 2.07 bits per heavy atom. The second kappa shape index (κ2) is 7.67. The smallest absolute Gasteiger partial charge is 0.258 e. The number of aromatic nitrogens is 4. The van der Waals surface area contributed by atoms with Crippen molar-refractivity contribution >= 4 is 51.2 Å². The highest BCUT2D eigenvalue weighted by Crippen LogP contribution is 2.30. The van der Waals surface area contributed by atoms with Crippen molar-refractivity contribution in [1.82, 2.24) is 19.6 Å². The van der Waals surface area contributed by atoms with E-state index in [9.17, 15) is 4.79 Å². The van der Waals surface area contributed by atoms with Crippen LogP contribution in [0.25, 0.3) is 5.65 Å². The Morgan fingerprint density at radius 3 is 2.93 bits per heavy atom. The summed E-state index contributed by atoms with van der Waals surface area (Å²) in [6.45, 7) is 2.04. The van der Waals surface area contributed by atoms with E-state index in [1.807, 2.05) is 31.2 Å². The largest absolute Gasteiger partial charge is 0.330 e. The minimum absolute atomic E-state index is 0.155. The van der Waals surface area contributed by atoms with Gasteiger partial charge in [-0.25, -0.2) is 4.98 Å². The predicted molar refractivity (Wildman–Crippen MR) is 110 cm³/mol. The van der Waals surface area contributed by atoms with Gasteiger partial charge in [0.05, 0.1) is 10.7 Å². The van der Waals surface area contributed by atoms with Crippen LogP contribution in [0.2, 0.25) is 5.02 Å². The molecule has 6 nitrogen and oxygen atoms in total. The molecular weight excluding hydrogens is 402 g/mol. The zero-order valence-electron chi connectivity index (χ0n) is 14.2. The molecule has 9 heteroatoms. The number of benzene rings is 1. The maximum Gasteiger partial charge on any atom is 0.258 e. The van der Waals surface area contributed by atoms with Gasteiger partial charge >= 0.3 is 0 Å². The van der Waals surface area contributed by atoms with Crippen LogP contribution in [0.3, 0.4) is 0 Å². The summed E-state index contributed by atoms with van der Waals surface area (Å²) in [6, 6.07) is 13.0. The summed E-state index contributed by atoms with van der Waals surface area (Å²) in [5, 5.41) is 12.9. The summed E-state index contributed by atoms with van der Waals surface area (Å²) >= 11 is 8.89. The van der Waals surface area contributed by atoms with E-state index in [4.69, 9.17) is 11.6 Å². The fourth-order valence-electron chi connectivity index (χ4n) is 2.48. The van der Waals surface area contributed by atoms with Crippen molar-refractivity contribution in [2.45, 2.75) is 17.0 Å². The quantitative estimate of drug-likeness (QED) is 0.482. The standard InChI is InChI=1S/C18H14ClN5OS2/c1-11-4-2-3-5-14(11)21-17-22-23-18(27-17)26-10-13-8-16(25)24-9-12(19)6-7-15(24)20-13/h2-9H,10H2,1H3,(H,21,22). The minimum Gasteiger partial charge on any atom is -0.330 e. The number of para-hydroxylation sites is 1. The van der Waals surface area contributed by atoms with Crippen molar-refractivity contribution in [3.8, 4) is 0 Å². The highest BCUT2D eigenvalue weighted by atomic mass is 35.5. The normalized spacial score (nSPS) is 11.0. The average molecular weight is 416 g/mol. The zero-order chi connectivity index (χ0) is 18.8. The van der Waals surface area contributed by atoms with E-state index in [-0.39, 0.29) is 5.56 Å². The number of fused-ring (bicyclic) bond motifs is 1. The molecule has 0 unspecified atom stereocenters. The maximum atomic E-state index is 12.2. The van der Waals surface area contributed by atoms with Gasteiger partial charge in [0.1, 0.15) is 5.65 Å². The summed E-state index contributed by atoms with van der Waals surface area (Å²) < 4.78 is 2.25. The van der Waals surface area contributed by atoms with Crippen molar-refractivity contribution in [1.29, 1.82) is 0 Å². The molecule has 0 fully saturated rings. The van der Waals surface area contributed by atoms with Crippen LogP contribution in [0.15, 0.2) is 57.8 Å². The molecule has 27 heavy (non-hydrogen) atoms. The topological polar surface area (TPSA) is 72.2 Å². The van der Waals surface area contributed by atoms with Crippen molar-refractivity contribution in [3.05, 3.63) is 75.3 Å². The lowest BCUT2D eigenvalue weighted by Crippen LogP contribution is -2.14. The van der Waals surface area contributed by atoms with Crippen molar-refractivity contribution in [2.75, 3.05) is 5.32 Å². The molecule has 0 bridgehead atoms. The number of anilines is 2. The van der Waals surface area contributed by atoms with E-state index in [0.29, 0.717) is 22.1 Å². The molecule has 4 aromatic rings. The van der Waals surface area contributed by atoms with Gasteiger partial charge < -0.3 is 5.32 Å². The molecule has 0 saturated carbocycles. The minimum atomic E-state index is -0.155. The Hall–Kier alpha value is -2.42. The number of halogens is 1. The Balaban J connectivity index is 1.47. The molecule has 3 aromatic heterocycles. The Kier molecular flexibility index (Phi) is 5.11. The molecule has 0 aliphatic carbocycles. The van der Waals surface area contributed by atoms with Gasteiger partial charge in [0.2, 0.25) is 5.13 Å². The summed E-state index contributed by atoms with van der Waals surface area (Å²) in [6.07, 6.45) is 1.57. The molecule has 0 atom stereocenters. The number of rotatable bonds is 5. The summed E-state index contributed by atoms with van der Waals surface area (Å²) in [5.41, 5.74) is 3.26. The molecule has 1 aromatic carbocycles. The van der Waals surface area contributed by atoms with Gasteiger partial charge in [-0.3, -0.25) is 9.20 Å². The fourth-order valence-corrected chi connectivity index (χ4v) is 4.30. The lowest BCUT2D eigenvalue weighted by Gasteiger charge is -2.04. The second-order valence-electron chi connectivity index (χ2n) is 5.76. The fraction of sp³-hybridized carbons (Fsp3) is 0.111. The monoisotopic (exact) mass is 415 g/mol. The maximum absolute atomic E-state index is 12.2. The summed E-state index contributed by atoms with van der Waals surface area (Å²) in [4.78, 5) is 16.7. The highest BCUT2D eigenvalue weighted by molar-refractivity contribution is 8.00. The highest BCUT2D eigenvalue weighted by Gasteiger charge is 2.09. The van der Waals surface area contributed by atoms with E-state index >= 15 is 0 Å². The van der Waals surface area contributed by atoms with Crippen LogP contribution in [0.5, 0.6) is 0 Å². The van der Waals surface area contributed by atoms with Crippen molar-refractivity contribution < 1.29 is 0 Å². The van der Waals surface area contributed by atoms with Gasteiger partial charge in [-0.1, -0.05) is 52.9 Å². The van der Waals surface area contributed by atoms with E-state index in [1.165, 1.54) is 33.6 Å². The molecule has 3 heterocycles. The molecule has 0 spiro atoms. The summed E-state index contributed by atoms with van der Waals surface area (Å²) in [5.74, 6) is 0.535. The molecule has 0 saturated heterocycles. The summed E-state index contributed by atoms with van der Waals surface area (Å²) in [7, 11) is 0. The van der Waals surface area contributed by atoms with Gasteiger partial charge in [-0.15, -0.1) is 10.2 Å². The van der Waals surface area contributed by atoms with Gasteiger partial charge in [-0.05, 0) is 30.7 Å². The van der Waals surface area contributed by atoms with Gasteiger partial charge in [0.25, 0.3) is 5.56 Å². The van der Waals surface area contributed by atoms with E-state index in [2.05, 4.69) is 20.5 Å². The molecule has 1 N–H and O–H groups in total. The third-order valence-corrected chi connectivity index (χ3v) is 6.04. The average Bonchev–Trinajstić information content (AvgIpc) is 3.10. The number of pyridine rings is 1. The molecule has 0 radical (unpaired) electrons. The van der Waals surface area contributed by atoms with Crippen LogP contribution >= 0.6 is 34.7 Å². The lowest BCUT2D eigenvalue weighted by atomic mass is 10.2. The first-order chi connectivity index (χ1) is 13.1. The molecule has 4 rings (SSSR count). The second-order valence-corrected chi connectivity index (χ2v) is 8.40. The van der Waals surface area contributed by atoms with Crippen molar-refractivity contribution in [3.63, 3.8) is 0 Å². The number of nitrogens with zero attached hydrogens (tertiary/aromatic N) is 4. The van der Waals surface area contributed by atoms with Crippen molar-refractivity contribution in [2.24, 2.45) is 0 Å². The molecular formula is C18H14ClN5OS2. The number of hydrogen-bond donors (Lipinski definition) is 1. The van der Waals surface area contributed by atoms with E-state index in [0.717, 1.165) is 20.7 Å². The number of nitrogens with one attached hydrogen (secondary N) is 1. The third kappa shape index (κ3) is 4.13. The van der Waals surface area contributed by atoms with Gasteiger partial charge in [-0.2, -0.15) is 0 Å². The molecule has 0 amide bonds. The van der Waals surface area contributed by atoms with Gasteiger partial charge in [0, 0.05) is 23.7 Å². The first kappa shape index (κ1) is 18.0. The molecule has 0 aliphatic heterocycles. The van der Waals surface area contributed by atoms with Crippen LogP contribution in [0.4, 0.5) is 10.8 Å². The number of hydrogen-bond acceptors (Lipinski definition) is 7. The van der Waals surface area contributed by atoms with Crippen LogP contribution in [0.1, 0.15) is 11.3 Å². The first-order valence-corrected chi connectivity index (χ1v) is 10.2. The van der Waals surface area contributed by atoms with Gasteiger partial charge in [0.15, 0.2) is 4.34 Å². The Morgan fingerprint density at radius 1 is 1.22 bits per heavy atom. The Bertz CT molecular complexity index is 1170. The van der Waals surface area contributed by atoms with E-state index < -0.39 is 0 Å². The molecule has 0 aliphatic rings. The lowest BCUT2D eigenvalue weighted by molar-refractivity contribution is 1.00. The SMILES string of the molecule is Cc1ccccc1Nc1nnc(SCc2cc(=O)n3cc(Cl)ccc3n2)s1. The van der Waals surface area contributed by atoms with Crippen LogP contribution < -0.4 is 10.9 Å². The predicted octanol–water partition coefficient (Wildman–Crippen LogP) is 4.54. The zero-order valence-corrected chi connectivity index (χ0v) is 16.6. The molecule has 136 valence electrons. The third-order valence-electron chi connectivity index (χ3n) is 3.81. The number of aryl methyl sites for hydroxylation is 1. The van der Waals surface area contributed by atoms with Crippen LogP contribution in [-0.2, 0) is 5.75 Å². The Labute approximate surface area is 168 Å². The van der Waals surface area contributed by atoms with Crippen LogP contribution in [0, 0.1) is 6.92 Å². The number of thioether (sulfide) groups is 1. The van der Waals surface area contributed by atoms with Crippen LogP contribution in [-0.4, -0.2) is 19.6 Å². The van der Waals surface area contributed by atoms with E-state index in [1.54, 1.807) is 18.3 Å².